The maximum atomic E-state index is 13.0. The summed E-state index contributed by atoms with van der Waals surface area (Å²) in [6, 6.07) is 9.81. The predicted molar refractivity (Wildman–Crippen MR) is 80.6 cm³/mol. The normalized spacial score (nSPS) is 10.8. The lowest BCUT2D eigenvalue weighted by molar-refractivity contribution is 0.577. The second-order valence-electron chi connectivity index (χ2n) is 4.79. The van der Waals surface area contributed by atoms with Crippen molar-refractivity contribution >= 4 is 15.9 Å². The number of hydrogen-bond donors (Lipinski definition) is 1. The van der Waals surface area contributed by atoms with Gasteiger partial charge in [0.05, 0.1) is 0 Å². The van der Waals surface area contributed by atoms with Gasteiger partial charge in [0.15, 0.2) is 0 Å². The quantitative estimate of drug-likeness (QED) is 0.797. The number of aryl methyl sites for hydroxylation is 1. The van der Waals surface area contributed by atoms with Crippen LogP contribution in [0.4, 0.5) is 8.78 Å². The van der Waals surface area contributed by atoms with Gasteiger partial charge in [-0.05, 0) is 54.8 Å². The highest BCUT2D eigenvalue weighted by Crippen LogP contribution is 2.17. The van der Waals surface area contributed by atoms with Crippen LogP contribution in [0.1, 0.15) is 16.7 Å². The first-order valence-corrected chi connectivity index (χ1v) is 7.24. The van der Waals surface area contributed by atoms with Crippen LogP contribution in [0, 0.1) is 18.6 Å². The molecule has 0 aliphatic heterocycles. The van der Waals surface area contributed by atoms with Crippen LogP contribution in [-0.2, 0) is 13.0 Å². The van der Waals surface area contributed by atoms with Crippen LogP contribution in [0.3, 0.4) is 0 Å². The predicted octanol–water partition coefficient (Wildman–Crippen LogP) is 4.37. The van der Waals surface area contributed by atoms with Gasteiger partial charge in [0.2, 0.25) is 0 Å². The zero-order chi connectivity index (χ0) is 14.5. The number of benzene rings is 2. The largest absolute Gasteiger partial charge is 0.312 e. The molecule has 0 spiro atoms. The van der Waals surface area contributed by atoms with Crippen LogP contribution in [0.5, 0.6) is 0 Å². The van der Waals surface area contributed by atoms with Crippen molar-refractivity contribution in [1.29, 1.82) is 0 Å². The summed E-state index contributed by atoms with van der Waals surface area (Å²) in [6.45, 7) is 3.47. The van der Waals surface area contributed by atoms with E-state index in [9.17, 15) is 8.78 Å². The van der Waals surface area contributed by atoms with E-state index in [1.165, 1.54) is 23.3 Å². The molecule has 0 atom stereocenters. The highest BCUT2D eigenvalue weighted by molar-refractivity contribution is 9.10. The minimum atomic E-state index is -0.525. The van der Waals surface area contributed by atoms with E-state index in [0.717, 1.165) is 17.1 Å². The Balaban J connectivity index is 1.82. The standard InChI is InChI=1S/C16H16BrF2N/c1-11-6-13(2-3-16(11)17)10-20-5-4-12-7-14(18)9-15(19)8-12/h2-3,6-9,20H,4-5,10H2,1H3. The van der Waals surface area contributed by atoms with E-state index in [2.05, 4.69) is 27.3 Å². The maximum absolute atomic E-state index is 13.0. The van der Waals surface area contributed by atoms with Crippen LogP contribution in [0.15, 0.2) is 40.9 Å². The summed E-state index contributed by atoms with van der Waals surface area (Å²) in [7, 11) is 0. The van der Waals surface area contributed by atoms with E-state index in [-0.39, 0.29) is 0 Å². The molecule has 0 fully saturated rings. The summed E-state index contributed by atoms with van der Waals surface area (Å²) in [5.74, 6) is -1.05. The fraction of sp³-hybridized carbons (Fsp3) is 0.250. The first-order chi connectivity index (χ1) is 9.54. The summed E-state index contributed by atoms with van der Waals surface area (Å²) < 4.78 is 27.1. The Bertz CT molecular complexity index is 579. The Morgan fingerprint density at radius 2 is 1.70 bits per heavy atom. The fourth-order valence-electron chi connectivity index (χ4n) is 2.04. The molecule has 20 heavy (non-hydrogen) atoms. The van der Waals surface area contributed by atoms with Crippen LogP contribution < -0.4 is 5.32 Å². The lowest BCUT2D eigenvalue weighted by Crippen LogP contribution is -2.16. The first-order valence-electron chi connectivity index (χ1n) is 6.45. The van der Waals surface area contributed by atoms with Gasteiger partial charge in [-0.25, -0.2) is 8.78 Å². The molecule has 0 radical (unpaired) electrons. The third-order valence-electron chi connectivity index (χ3n) is 3.06. The van der Waals surface area contributed by atoms with Gasteiger partial charge < -0.3 is 5.32 Å². The Hall–Kier alpha value is -1.26. The Kier molecular flexibility index (Phi) is 5.26. The fourth-order valence-corrected chi connectivity index (χ4v) is 2.28. The zero-order valence-electron chi connectivity index (χ0n) is 11.2. The Morgan fingerprint density at radius 1 is 1.00 bits per heavy atom. The maximum Gasteiger partial charge on any atom is 0.126 e. The van der Waals surface area contributed by atoms with Crippen molar-refractivity contribution in [2.45, 2.75) is 19.9 Å². The van der Waals surface area contributed by atoms with Gasteiger partial charge in [0.25, 0.3) is 0 Å². The molecule has 0 bridgehead atoms. The van der Waals surface area contributed by atoms with Gasteiger partial charge in [-0.3, -0.25) is 0 Å². The van der Waals surface area contributed by atoms with Crippen molar-refractivity contribution in [2.75, 3.05) is 6.54 Å². The molecule has 2 aromatic carbocycles. The smallest absolute Gasteiger partial charge is 0.126 e. The number of nitrogens with one attached hydrogen (secondary N) is 1. The molecule has 0 amide bonds. The molecule has 4 heteroatoms. The first kappa shape index (κ1) is 15.1. The minimum absolute atomic E-state index is 0.525. The van der Waals surface area contributed by atoms with E-state index < -0.39 is 11.6 Å². The zero-order valence-corrected chi connectivity index (χ0v) is 12.8. The molecule has 1 nitrogen and oxygen atoms in total. The van der Waals surface area contributed by atoms with E-state index in [1.54, 1.807) is 0 Å². The van der Waals surface area contributed by atoms with Gasteiger partial charge >= 0.3 is 0 Å². The van der Waals surface area contributed by atoms with Crippen molar-refractivity contribution < 1.29 is 8.78 Å². The molecular formula is C16H16BrF2N. The van der Waals surface area contributed by atoms with Gasteiger partial charge in [0, 0.05) is 17.1 Å². The van der Waals surface area contributed by atoms with Crippen molar-refractivity contribution in [3.05, 3.63) is 69.2 Å². The molecule has 1 N–H and O–H groups in total. The second kappa shape index (κ2) is 6.95. The molecule has 106 valence electrons. The Labute approximate surface area is 126 Å². The summed E-state index contributed by atoms with van der Waals surface area (Å²) in [6.07, 6.45) is 0.601. The molecule has 0 heterocycles. The minimum Gasteiger partial charge on any atom is -0.312 e. The average Bonchev–Trinajstić information content (AvgIpc) is 2.38. The summed E-state index contributed by atoms with van der Waals surface area (Å²) >= 11 is 3.46. The van der Waals surface area contributed by atoms with E-state index >= 15 is 0 Å². The molecular weight excluding hydrogens is 324 g/mol. The SMILES string of the molecule is Cc1cc(CNCCc2cc(F)cc(F)c2)ccc1Br. The lowest BCUT2D eigenvalue weighted by Gasteiger charge is -2.07. The van der Waals surface area contributed by atoms with Gasteiger partial charge in [-0.2, -0.15) is 0 Å². The third-order valence-corrected chi connectivity index (χ3v) is 3.95. The molecule has 0 aromatic heterocycles. The van der Waals surface area contributed by atoms with Crippen molar-refractivity contribution in [2.24, 2.45) is 0 Å². The van der Waals surface area contributed by atoms with Crippen molar-refractivity contribution in [3.8, 4) is 0 Å². The molecule has 2 rings (SSSR count). The molecule has 0 unspecified atom stereocenters. The Morgan fingerprint density at radius 3 is 2.35 bits per heavy atom. The number of hydrogen-bond acceptors (Lipinski definition) is 1. The highest BCUT2D eigenvalue weighted by Gasteiger charge is 2.01. The van der Waals surface area contributed by atoms with E-state index in [0.29, 0.717) is 18.5 Å². The second-order valence-corrected chi connectivity index (χ2v) is 5.64. The van der Waals surface area contributed by atoms with Gasteiger partial charge in [-0.15, -0.1) is 0 Å². The third kappa shape index (κ3) is 4.39. The summed E-state index contributed by atoms with van der Waals surface area (Å²) in [5.41, 5.74) is 3.05. The van der Waals surface area contributed by atoms with Crippen LogP contribution in [0.25, 0.3) is 0 Å². The highest BCUT2D eigenvalue weighted by atomic mass is 79.9. The monoisotopic (exact) mass is 339 g/mol. The number of halogens is 3. The van der Waals surface area contributed by atoms with E-state index in [1.807, 2.05) is 19.1 Å². The topological polar surface area (TPSA) is 12.0 Å². The average molecular weight is 340 g/mol. The van der Waals surface area contributed by atoms with Crippen LogP contribution in [-0.4, -0.2) is 6.54 Å². The molecule has 0 aliphatic rings. The molecule has 0 saturated carbocycles. The molecule has 2 aromatic rings. The number of rotatable bonds is 5. The van der Waals surface area contributed by atoms with Crippen molar-refractivity contribution in [1.82, 2.24) is 5.32 Å². The van der Waals surface area contributed by atoms with Gasteiger partial charge in [0.1, 0.15) is 11.6 Å². The molecule has 0 aliphatic carbocycles. The lowest BCUT2D eigenvalue weighted by atomic mass is 10.1. The van der Waals surface area contributed by atoms with Crippen LogP contribution >= 0.6 is 15.9 Å². The van der Waals surface area contributed by atoms with E-state index in [4.69, 9.17) is 0 Å². The van der Waals surface area contributed by atoms with Crippen LogP contribution in [0.2, 0.25) is 0 Å². The molecule has 0 saturated heterocycles. The summed E-state index contributed by atoms with van der Waals surface area (Å²) in [5, 5.41) is 3.28. The summed E-state index contributed by atoms with van der Waals surface area (Å²) in [4.78, 5) is 0. The van der Waals surface area contributed by atoms with Gasteiger partial charge in [-0.1, -0.05) is 28.1 Å². The van der Waals surface area contributed by atoms with Crippen molar-refractivity contribution in [3.63, 3.8) is 0 Å².